The van der Waals surface area contributed by atoms with E-state index in [0.29, 0.717) is 11.3 Å². The highest BCUT2D eigenvalue weighted by Crippen LogP contribution is 2.21. The van der Waals surface area contributed by atoms with E-state index in [1.165, 1.54) is 0 Å². The predicted molar refractivity (Wildman–Crippen MR) is 56.6 cm³/mol. The molecule has 1 aromatic rings. The Morgan fingerprint density at radius 3 is 2.31 bits per heavy atom. The van der Waals surface area contributed by atoms with E-state index in [9.17, 15) is 8.42 Å². The summed E-state index contributed by atoms with van der Waals surface area (Å²) in [6.07, 6.45) is 0.567. The maximum atomic E-state index is 11.7. The van der Waals surface area contributed by atoms with Crippen molar-refractivity contribution in [2.24, 2.45) is 0 Å². The van der Waals surface area contributed by atoms with Crippen LogP contribution in [0.5, 0.6) is 0 Å². The molecule has 2 nitrogen and oxygen atoms in total. The maximum absolute atomic E-state index is 11.7. The van der Waals surface area contributed by atoms with Crippen molar-refractivity contribution in [1.29, 1.82) is 0 Å². The smallest absolute Gasteiger partial charge is 0.191 e. The zero-order chi connectivity index (χ0) is 9.90. The van der Waals surface area contributed by atoms with Gasteiger partial charge in [-0.15, -0.1) is 0 Å². The first-order chi connectivity index (χ1) is 6.09. The molecular weight excluding hydrogens is 252 g/mol. The lowest BCUT2D eigenvalue weighted by Gasteiger charge is -2.08. The zero-order valence-corrected chi connectivity index (χ0v) is 9.68. The van der Waals surface area contributed by atoms with Crippen molar-refractivity contribution in [3.05, 3.63) is 30.3 Å². The van der Waals surface area contributed by atoms with Gasteiger partial charge in [-0.1, -0.05) is 41.1 Å². The summed E-state index contributed by atoms with van der Waals surface area (Å²) >= 11 is 3.15. The molecule has 0 saturated heterocycles. The summed E-state index contributed by atoms with van der Waals surface area (Å²) in [7, 11) is -3.17. The molecule has 0 aliphatic carbocycles. The Hall–Kier alpha value is -0.350. The molecule has 0 fully saturated rings. The van der Waals surface area contributed by atoms with Crippen LogP contribution in [0.15, 0.2) is 35.2 Å². The minimum Gasteiger partial charge on any atom is -0.223 e. The molecule has 0 bridgehead atoms. The van der Waals surface area contributed by atoms with Crippen LogP contribution in [-0.4, -0.2) is 12.6 Å². The van der Waals surface area contributed by atoms with Gasteiger partial charge in [0.05, 0.1) is 4.90 Å². The van der Waals surface area contributed by atoms with Gasteiger partial charge in [0.1, 0.15) is 4.16 Å². The third kappa shape index (κ3) is 2.31. The van der Waals surface area contributed by atoms with Crippen LogP contribution in [-0.2, 0) is 9.84 Å². The van der Waals surface area contributed by atoms with Crippen molar-refractivity contribution >= 4 is 25.8 Å². The van der Waals surface area contributed by atoms with E-state index in [-0.39, 0.29) is 0 Å². The number of hydrogen-bond donors (Lipinski definition) is 0. The Labute approximate surface area is 87.0 Å². The number of benzene rings is 1. The molecule has 0 saturated carbocycles. The van der Waals surface area contributed by atoms with Crippen molar-refractivity contribution < 1.29 is 8.42 Å². The monoisotopic (exact) mass is 262 g/mol. The third-order valence-corrected chi connectivity index (χ3v) is 5.79. The Balaban J connectivity index is 3.09. The average Bonchev–Trinajstić information content (AvgIpc) is 2.18. The van der Waals surface area contributed by atoms with Gasteiger partial charge in [0.25, 0.3) is 0 Å². The van der Waals surface area contributed by atoms with Gasteiger partial charge in [-0.2, -0.15) is 0 Å². The molecule has 1 aromatic carbocycles. The number of rotatable bonds is 3. The fourth-order valence-corrected chi connectivity index (χ4v) is 2.90. The highest BCUT2D eigenvalue weighted by molar-refractivity contribution is 9.11. The molecule has 0 amide bonds. The lowest BCUT2D eigenvalue weighted by molar-refractivity contribution is 0.592. The van der Waals surface area contributed by atoms with Crippen LogP contribution < -0.4 is 0 Å². The van der Waals surface area contributed by atoms with Gasteiger partial charge in [-0.05, 0) is 18.6 Å². The van der Waals surface area contributed by atoms with E-state index >= 15 is 0 Å². The van der Waals surface area contributed by atoms with Gasteiger partial charge in [-0.25, -0.2) is 8.42 Å². The summed E-state index contributed by atoms with van der Waals surface area (Å²) in [5, 5.41) is 0. The fraction of sp³-hybridized carbons (Fsp3) is 0.333. The van der Waals surface area contributed by atoms with Gasteiger partial charge < -0.3 is 0 Å². The van der Waals surface area contributed by atoms with E-state index in [1.807, 2.05) is 6.92 Å². The van der Waals surface area contributed by atoms with Crippen molar-refractivity contribution in [3.63, 3.8) is 0 Å². The largest absolute Gasteiger partial charge is 0.223 e. The van der Waals surface area contributed by atoms with E-state index in [1.54, 1.807) is 30.3 Å². The highest BCUT2D eigenvalue weighted by Gasteiger charge is 2.22. The van der Waals surface area contributed by atoms with Crippen LogP contribution in [0.25, 0.3) is 0 Å². The van der Waals surface area contributed by atoms with E-state index in [4.69, 9.17) is 0 Å². The summed E-state index contributed by atoms with van der Waals surface area (Å²) < 4.78 is 22.9. The summed E-state index contributed by atoms with van der Waals surface area (Å²) in [6, 6.07) is 8.47. The number of hydrogen-bond acceptors (Lipinski definition) is 2. The minimum atomic E-state index is -3.17. The highest BCUT2D eigenvalue weighted by atomic mass is 79.9. The van der Waals surface area contributed by atoms with Crippen molar-refractivity contribution in [2.75, 3.05) is 0 Å². The molecular formula is C9H11BrO2S. The summed E-state index contributed by atoms with van der Waals surface area (Å²) in [4.78, 5) is 0.374. The quantitative estimate of drug-likeness (QED) is 0.785. The number of alkyl halides is 1. The lowest BCUT2D eigenvalue weighted by atomic mass is 10.4. The third-order valence-electron chi connectivity index (χ3n) is 1.73. The van der Waals surface area contributed by atoms with Crippen LogP contribution in [0, 0.1) is 0 Å². The van der Waals surface area contributed by atoms with Crippen LogP contribution in [0.4, 0.5) is 0 Å². The van der Waals surface area contributed by atoms with Crippen LogP contribution in [0.1, 0.15) is 13.3 Å². The van der Waals surface area contributed by atoms with E-state index < -0.39 is 14.0 Å². The van der Waals surface area contributed by atoms with Gasteiger partial charge in [0.2, 0.25) is 0 Å². The van der Waals surface area contributed by atoms with Gasteiger partial charge >= 0.3 is 0 Å². The molecule has 72 valence electrons. The lowest BCUT2D eigenvalue weighted by Crippen LogP contribution is -2.13. The molecule has 0 N–H and O–H groups in total. The van der Waals surface area contributed by atoms with Gasteiger partial charge in [0.15, 0.2) is 9.84 Å². The zero-order valence-electron chi connectivity index (χ0n) is 7.27. The molecule has 0 spiro atoms. The second kappa shape index (κ2) is 4.24. The summed E-state index contributed by atoms with van der Waals surface area (Å²) in [5.41, 5.74) is 0. The average molecular weight is 263 g/mol. The first-order valence-electron chi connectivity index (χ1n) is 4.02. The van der Waals surface area contributed by atoms with E-state index in [0.717, 1.165) is 0 Å². The molecule has 0 heterocycles. The van der Waals surface area contributed by atoms with Crippen LogP contribution in [0.2, 0.25) is 0 Å². The minimum absolute atomic E-state index is 0.374. The topological polar surface area (TPSA) is 34.1 Å². The predicted octanol–water partition coefficient (Wildman–Crippen LogP) is 2.59. The molecule has 13 heavy (non-hydrogen) atoms. The molecule has 1 unspecified atom stereocenters. The second-order valence-corrected chi connectivity index (χ2v) is 6.52. The first-order valence-corrected chi connectivity index (χ1v) is 6.48. The van der Waals surface area contributed by atoms with Crippen molar-refractivity contribution in [2.45, 2.75) is 22.4 Å². The molecule has 0 aliphatic rings. The van der Waals surface area contributed by atoms with Crippen molar-refractivity contribution in [1.82, 2.24) is 0 Å². The van der Waals surface area contributed by atoms with Gasteiger partial charge in [-0.3, -0.25) is 0 Å². The SMILES string of the molecule is CCC(Br)S(=O)(=O)c1ccccc1. The standard InChI is InChI=1S/C9H11BrO2S/c1-2-9(10)13(11,12)8-6-4-3-5-7-8/h3-7,9H,2H2,1H3. The summed E-state index contributed by atoms with van der Waals surface area (Å²) in [5.74, 6) is 0. The van der Waals surface area contributed by atoms with E-state index in [2.05, 4.69) is 15.9 Å². The Morgan fingerprint density at radius 2 is 1.85 bits per heavy atom. The maximum Gasteiger partial charge on any atom is 0.191 e. The molecule has 1 atom stereocenters. The molecule has 0 aliphatic heterocycles. The van der Waals surface area contributed by atoms with Gasteiger partial charge in [0, 0.05) is 0 Å². The van der Waals surface area contributed by atoms with Crippen LogP contribution in [0.3, 0.4) is 0 Å². The molecule has 0 aromatic heterocycles. The second-order valence-electron chi connectivity index (χ2n) is 2.68. The molecule has 1 rings (SSSR count). The Morgan fingerprint density at radius 1 is 1.31 bits per heavy atom. The van der Waals surface area contributed by atoms with Crippen LogP contribution >= 0.6 is 15.9 Å². The Kier molecular flexibility index (Phi) is 3.50. The number of sulfone groups is 1. The Bertz CT molecular complexity index is 358. The summed E-state index contributed by atoms with van der Waals surface area (Å²) in [6.45, 7) is 1.83. The first kappa shape index (κ1) is 10.7. The molecule has 4 heteroatoms. The van der Waals surface area contributed by atoms with Crippen molar-refractivity contribution in [3.8, 4) is 0 Å². The number of halogens is 1. The molecule has 0 radical (unpaired) electrons. The fourth-order valence-electron chi connectivity index (χ4n) is 0.977. The normalized spacial score (nSPS) is 14.0.